The summed E-state index contributed by atoms with van der Waals surface area (Å²) >= 11 is 3.17. The minimum atomic E-state index is -2.22. The molecule has 0 bridgehead atoms. The smallest absolute Gasteiger partial charge is 0.207 e. The first kappa shape index (κ1) is 14.8. The highest BCUT2D eigenvalue weighted by Crippen LogP contribution is 2.34. The zero-order valence-electron chi connectivity index (χ0n) is 9.91. The highest BCUT2D eigenvalue weighted by Gasteiger charge is 2.27. The summed E-state index contributed by atoms with van der Waals surface area (Å²) in [4.78, 5) is 0. The SMILES string of the molecule is Cc1cc(Br)ccc1Oc1c(F)c(F)c(F)c(F)c1F. The van der Waals surface area contributed by atoms with Crippen molar-refractivity contribution in [1.29, 1.82) is 0 Å². The van der Waals surface area contributed by atoms with Crippen LogP contribution in [0.3, 0.4) is 0 Å². The summed E-state index contributed by atoms with van der Waals surface area (Å²) in [5.74, 6) is -11.7. The minimum absolute atomic E-state index is 0.0172. The third-order valence-electron chi connectivity index (χ3n) is 2.52. The molecule has 0 saturated carbocycles. The van der Waals surface area contributed by atoms with Crippen LogP contribution in [0.4, 0.5) is 22.0 Å². The van der Waals surface area contributed by atoms with Gasteiger partial charge in [0.25, 0.3) is 0 Å². The summed E-state index contributed by atoms with van der Waals surface area (Å²) in [5.41, 5.74) is 0.461. The van der Waals surface area contributed by atoms with Crippen LogP contribution in [-0.4, -0.2) is 0 Å². The van der Waals surface area contributed by atoms with Crippen molar-refractivity contribution in [2.24, 2.45) is 0 Å². The van der Waals surface area contributed by atoms with E-state index in [0.717, 1.165) is 0 Å². The van der Waals surface area contributed by atoms with Crippen LogP contribution in [0.25, 0.3) is 0 Å². The number of halogens is 6. The zero-order chi connectivity index (χ0) is 15.0. The third-order valence-corrected chi connectivity index (χ3v) is 3.01. The molecule has 20 heavy (non-hydrogen) atoms. The second kappa shape index (κ2) is 5.40. The first-order chi connectivity index (χ1) is 9.32. The van der Waals surface area contributed by atoms with E-state index in [9.17, 15) is 22.0 Å². The number of hydrogen-bond donors (Lipinski definition) is 0. The van der Waals surface area contributed by atoms with Gasteiger partial charge in [-0.1, -0.05) is 15.9 Å². The van der Waals surface area contributed by atoms with Gasteiger partial charge in [-0.15, -0.1) is 0 Å². The maximum atomic E-state index is 13.4. The number of benzene rings is 2. The average Bonchev–Trinajstić information content (AvgIpc) is 2.41. The van der Waals surface area contributed by atoms with Crippen molar-refractivity contribution in [3.8, 4) is 11.5 Å². The van der Waals surface area contributed by atoms with Crippen molar-refractivity contribution in [1.82, 2.24) is 0 Å². The molecule has 0 radical (unpaired) electrons. The van der Waals surface area contributed by atoms with Gasteiger partial charge in [0.15, 0.2) is 0 Å². The van der Waals surface area contributed by atoms with Crippen LogP contribution in [0, 0.1) is 36.0 Å². The molecule has 0 aliphatic heterocycles. The van der Waals surface area contributed by atoms with E-state index in [2.05, 4.69) is 15.9 Å². The molecule has 1 nitrogen and oxygen atoms in total. The molecule has 2 aromatic carbocycles. The number of aryl methyl sites for hydroxylation is 1. The van der Waals surface area contributed by atoms with E-state index in [1.165, 1.54) is 12.1 Å². The average molecular weight is 353 g/mol. The van der Waals surface area contributed by atoms with Gasteiger partial charge in [-0.2, -0.15) is 8.78 Å². The fraction of sp³-hybridized carbons (Fsp3) is 0.0769. The third kappa shape index (κ3) is 2.49. The molecule has 0 saturated heterocycles. The van der Waals surface area contributed by atoms with Crippen molar-refractivity contribution >= 4 is 15.9 Å². The van der Waals surface area contributed by atoms with Crippen molar-refractivity contribution in [3.05, 3.63) is 57.3 Å². The van der Waals surface area contributed by atoms with E-state index in [0.29, 0.717) is 10.0 Å². The molecule has 0 heterocycles. The highest BCUT2D eigenvalue weighted by molar-refractivity contribution is 9.10. The van der Waals surface area contributed by atoms with Crippen molar-refractivity contribution in [3.63, 3.8) is 0 Å². The summed E-state index contributed by atoms with van der Waals surface area (Å²) in [7, 11) is 0. The van der Waals surface area contributed by atoms with Crippen LogP contribution >= 0.6 is 15.9 Å². The van der Waals surface area contributed by atoms with Gasteiger partial charge in [0.1, 0.15) is 5.75 Å². The summed E-state index contributed by atoms with van der Waals surface area (Å²) in [6, 6.07) is 4.42. The fourth-order valence-corrected chi connectivity index (χ4v) is 1.99. The van der Waals surface area contributed by atoms with Gasteiger partial charge in [0.2, 0.25) is 34.8 Å². The Morgan fingerprint density at radius 2 is 1.35 bits per heavy atom. The number of rotatable bonds is 2. The Bertz CT molecular complexity index is 658. The lowest BCUT2D eigenvalue weighted by Gasteiger charge is -2.12. The monoisotopic (exact) mass is 352 g/mol. The van der Waals surface area contributed by atoms with Gasteiger partial charge in [-0.3, -0.25) is 0 Å². The minimum Gasteiger partial charge on any atom is -0.451 e. The molecule has 106 valence electrons. The van der Waals surface area contributed by atoms with Gasteiger partial charge >= 0.3 is 0 Å². The van der Waals surface area contributed by atoms with E-state index in [4.69, 9.17) is 4.74 Å². The molecule has 0 unspecified atom stereocenters. The predicted molar refractivity (Wildman–Crippen MR) is 65.2 cm³/mol. The molecule has 2 rings (SSSR count). The van der Waals surface area contributed by atoms with E-state index in [-0.39, 0.29) is 5.75 Å². The lowest BCUT2D eigenvalue weighted by molar-refractivity contribution is 0.331. The van der Waals surface area contributed by atoms with Gasteiger partial charge in [-0.05, 0) is 30.7 Å². The van der Waals surface area contributed by atoms with Crippen LogP contribution in [-0.2, 0) is 0 Å². The Morgan fingerprint density at radius 1 is 0.850 bits per heavy atom. The second-order valence-electron chi connectivity index (χ2n) is 3.91. The van der Waals surface area contributed by atoms with Gasteiger partial charge < -0.3 is 4.74 Å². The number of ether oxygens (including phenoxy) is 1. The first-order valence-corrected chi connectivity index (χ1v) is 6.07. The molecule has 0 spiro atoms. The van der Waals surface area contributed by atoms with Crippen molar-refractivity contribution < 1.29 is 26.7 Å². The second-order valence-corrected chi connectivity index (χ2v) is 4.83. The number of hydrogen-bond acceptors (Lipinski definition) is 1. The fourth-order valence-electron chi connectivity index (χ4n) is 1.51. The largest absolute Gasteiger partial charge is 0.451 e. The van der Waals surface area contributed by atoms with Crippen molar-refractivity contribution in [2.45, 2.75) is 6.92 Å². The molecule has 0 N–H and O–H groups in total. The standard InChI is InChI=1S/C13H6BrF5O/c1-5-4-6(14)2-3-7(5)20-13-11(18)9(16)8(15)10(17)12(13)19/h2-4H,1H3. The predicted octanol–water partition coefficient (Wildman–Crippen LogP) is 5.25. The van der Waals surface area contributed by atoms with Gasteiger partial charge in [-0.25, -0.2) is 13.2 Å². The van der Waals surface area contributed by atoms with Crippen LogP contribution in [0.1, 0.15) is 5.56 Å². The van der Waals surface area contributed by atoms with Crippen LogP contribution in [0.5, 0.6) is 11.5 Å². The lowest BCUT2D eigenvalue weighted by Crippen LogP contribution is -2.04. The normalized spacial score (nSPS) is 10.8. The Balaban J connectivity index is 2.54. The Hall–Kier alpha value is -1.63. The Labute approximate surface area is 119 Å². The van der Waals surface area contributed by atoms with Crippen LogP contribution in [0.15, 0.2) is 22.7 Å². The molecule has 7 heteroatoms. The van der Waals surface area contributed by atoms with Crippen LogP contribution < -0.4 is 4.74 Å². The molecule has 0 aliphatic carbocycles. The first-order valence-electron chi connectivity index (χ1n) is 5.28. The maximum absolute atomic E-state index is 13.4. The quantitative estimate of drug-likeness (QED) is 0.407. The summed E-state index contributed by atoms with van der Waals surface area (Å²) in [5, 5.41) is 0. The van der Waals surface area contributed by atoms with Crippen LogP contribution in [0.2, 0.25) is 0 Å². The molecular formula is C13H6BrF5O. The summed E-state index contributed by atoms with van der Waals surface area (Å²) in [6.07, 6.45) is 0. The topological polar surface area (TPSA) is 9.23 Å². The zero-order valence-corrected chi connectivity index (χ0v) is 11.5. The summed E-state index contributed by atoms with van der Waals surface area (Å²) < 4.78 is 71.3. The van der Waals surface area contributed by atoms with Gasteiger partial charge in [0.05, 0.1) is 0 Å². The molecule has 0 amide bonds. The molecule has 0 aliphatic rings. The lowest BCUT2D eigenvalue weighted by atomic mass is 10.2. The Kier molecular flexibility index (Phi) is 3.99. The molecule has 0 atom stereocenters. The molecule has 2 aromatic rings. The van der Waals surface area contributed by atoms with Crippen molar-refractivity contribution in [2.75, 3.05) is 0 Å². The maximum Gasteiger partial charge on any atom is 0.207 e. The van der Waals surface area contributed by atoms with E-state index in [1.54, 1.807) is 13.0 Å². The van der Waals surface area contributed by atoms with Gasteiger partial charge in [0, 0.05) is 4.47 Å². The van der Waals surface area contributed by atoms with E-state index >= 15 is 0 Å². The highest BCUT2D eigenvalue weighted by atomic mass is 79.9. The Morgan fingerprint density at radius 3 is 1.85 bits per heavy atom. The van der Waals surface area contributed by atoms with E-state index in [1.807, 2.05) is 0 Å². The summed E-state index contributed by atoms with van der Waals surface area (Å²) in [6.45, 7) is 1.56. The van der Waals surface area contributed by atoms with E-state index < -0.39 is 34.8 Å². The molecule has 0 aromatic heterocycles. The molecule has 0 fully saturated rings. The molecular weight excluding hydrogens is 347 g/mol.